The van der Waals surface area contributed by atoms with Crippen LogP contribution in [0.15, 0.2) is 18.2 Å². The number of rotatable bonds is 6. The van der Waals surface area contributed by atoms with Crippen LogP contribution in [-0.2, 0) is 16.0 Å². The second-order valence-corrected chi connectivity index (χ2v) is 6.00. The van der Waals surface area contributed by atoms with E-state index in [4.69, 9.17) is 14.2 Å². The van der Waals surface area contributed by atoms with Gasteiger partial charge in [-0.05, 0) is 26.8 Å². The number of methoxy groups -OCH3 is 1. The largest absolute Gasteiger partial charge is 0.483 e. The molecule has 0 spiro atoms. The number of amides is 1. The molecule has 1 amide bonds. The van der Waals surface area contributed by atoms with Crippen molar-refractivity contribution in [2.75, 3.05) is 20.3 Å². The average Bonchev–Trinajstić information content (AvgIpc) is 2.70. The van der Waals surface area contributed by atoms with Gasteiger partial charge in [-0.1, -0.05) is 12.1 Å². The fourth-order valence-corrected chi connectivity index (χ4v) is 2.45. The lowest BCUT2D eigenvalue weighted by Gasteiger charge is -2.18. The van der Waals surface area contributed by atoms with Crippen LogP contribution in [0.25, 0.3) is 0 Å². The summed E-state index contributed by atoms with van der Waals surface area (Å²) in [6.45, 7) is 6.40. The van der Waals surface area contributed by atoms with Gasteiger partial charge in [-0.2, -0.15) is 0 Å². The van der Waals surface area contributed by atoms with Gasteiger partial charge in [0.1, 0.15) is 5.60 Å². The molecule has 1 aromatic carbocycles. The summed E-state index contributed by atoms with van der Waals surface area (Å²) in [5, 5.41) is 2.81. The highest BCUT2D eigenvalue weighted by Gasteiger charge is 2.32. The highest BCUT2D eigenvalue weighted by atomic mass is 16.5. The van der Waals surface area contributed by atoms with E-state index in [0.717, 1.165) is 17.7 Å². The molecule has 5 nitrogen and oxygen atoms in total. The Morgan fingerprint density at radius 2 is 2.24 bits per heavy atom. The van der Waals surface area contributed by atoms with Gasteiger partial charge in [0, 0.05) is 25.1 Å². The number of benzene rings is 1. The predicted molar refractivity (Wildman–Crippen MR) is 79.8 cm³/mol. The molecular weight excluding hydrogens is 270 g/mol. The predicted octanol–water partition coefficient (Wildman–Crippen LogP) is 1.93. The van der Waals surface area contributed by atoms with E-state index in [0.29, 0.717) is 12.4 Å². The van der Waals surface area contributed by atoms with Crippen LogP contribution in [0.1, 0.15) is 26.3 Å². The summed E-state index contributed by atoms with van der Waals surface area (Å²) >= 11 is 0. The average molecular weight is 293 g/mol. The van der Waals surface area contributed by atoms with Crippen molar-refractivity contribution in [3.05, 3.63) is 23.8 Å². The maximum absolute atomic E-state index is 11.8. The molecule has 116 valence electrons. The molecule has 0 saturated carbocycles. The molecule has 21 heavy (non-hydrogen) atoms. The summed E-state index contributed by atoms with van der Waals surface area (Å²) in [5.74, 6) is 1.20. The topological polar surface area (TPSA) is 56.8 Å². The van der Waals surface area contributed by atoms with Crippen molar-refractivity contribution in [3.8, 4) is 11.5 Å². The lowest BCUT2D eigenvalue weighted by molar-refractivity contribution is -0.124. The summed E-state index contributed by atoms with van der Waals surface area (Å²) in [6.07, 6.45) is 0.844. The van der Waals surface area contributed by atoms with E-state index < -0.39 is 0 Å². The minimum atomic E-state index is -0.225. The fraction of sp³-hybridized carbons (Fsp3) is 0.562. The molecule has 0 radical (unpaired) electrons. The summed E-state index contributed by atoms with van der Waals surface area (Å²) < 4.78 is 16.5. The van der Waals surface area contributed by atoms with E-state index in [1.54, 1.807) is 7.11 Å². The number of nitrogens with one attached hydrogen (secondary N) is 1. The van der Waals surface area contributed by atoms with Gasteiger partial charge in [0.05, 0.1) is 6.61 Å². The van der Waals surface area contributed by atoms with Gasteiger partial charge >= 0.3 is 0 Å². The van der Waals surface area contributed by atoms with Crippen LogP contribution in [0, 0.1) is 0 Å². The number of fused-ring (bicyclic) bond motifs is 1. The molecule has 1 aliphatic rings. The summed E-state index contributed by atoms with van der Waals surface area (Å²) in [7, 11) is 1.60. The first-order valence-corrected chi connectivity index (χ1v) is 7.13. The van der Waals surface area contributed by atoms with Crippen LogP contribution >= 0.6 is 0 Å². The van der Waals surface area contributed by atoms with Crippen LogP contribution in [0.3, 0.4) is 0 Å². The third kappa shape index (κ3) is 4.11. The smallest absolute Gasteiger partial charge is 0.258 e. The highest BCUT2D eigenvalue weighted by molar-refractivity contribution is 5.78. The van der Waals surface area contributed by atoms with E-state index >= 15 is 0 Å². The Morgan fingerprint density at radius 1 is 1.48 bits per heavy atom. The van der Waals surface area contributed by atoms with Crippen LogP contribution in [-0.4, -0.2) is 37.9 Å². The van der Waals surface area contributed by atoms with Crippen molar-refractivity contribution >= 4 is 5.91 Å². The van der Waals surface area contributed by atoms with Gasteiger partial charge in [-0.25, -0.2) is 0 Å². The molecule has 2 rings (SSSR count). The fourth-order valence-electron chi connectivity index (χ4n) is 2.45. The summed E-state index contributed by atoms with van der Waals surface area (Å²) in [4.78, 5) is 11.8. The lowest BCUT2D eigenvalue weighted by atomic mass is 10.0. The molecule has 0 aromatic heterocycles. The van der Waals surface area contributed by atoms with Crippen molar-refractivity contribution in [2.45, 2.75) is 38.8 Å². The molecule has 0 fully saturated rings. The molecule has 0 saturated heterocycles. The number of para-hydroxylation sites is 1. The van der Waals surface area contributed by atoms with Crippen molar-refractivity contribution < 1.29 is 19.0 Å². The summed E-state index contributed by atoms with van der Waals surface area (Å²) in [6, 6.07) is 5.73. The van der Waals surface area contributed by atoms with Crippen molar-refractivity contribution in [1.29, 1.82) is 0 Å². The van der Waals surface area contributed by atoms with Gasteiger partial charge in [0.2, 0.25) is 0 Å². The molecule has 1 heterocycles. The number of hydrogen-bond acceptors (Lipinski definition) is 4. The zero-order valence-electron chi connectivity index (χ0n) is 13.1. The Kier molecular flexibility index (Phi) is 4.73. The molecular formula is C16H23NO4. The van der Waals surface area contributed by atoms with E-state index in [1.165, 1.54) is 0 Å². The Balaban J connectivity index is 1.93. The molecule has 5 heteroatoms. The molecule has 1 atom stereocenters. The molecule has 0 bridgehead atoms. The minimum absolute atomic E-state index is 0.0334. The second kappa shape index (κ2) is 6.35. The van der Waals surface area contributed by atoms with E-state index in [9.17, 15) is 4.79 Å². The third-order valence-corrected chi connectivity index (χ3v) is 3.24. The molecule has 0 aliphatic carbocycles. The van der Waals surface area contributed by atoms with Crippen molar-refractivity contribution in [1.82, 2.24) is 5.32 Å². The standard InChI is InChI=1S/C16H23NO4/c1-11(9-19-4)17-14(18)10-20-13-7-5-6-12-8-16(2,3)21-15(12)13/h5-7,11H,8-10H2,1-4H3,(H,17,18). The number of carbonyl (C=O) groups excluding carboxylic acids is 1. The van der Waals surface area contributed by atoms with E-state index in [2.05, 4.69) is 5.32 Å². The number of carbonyl (C=O) groups is 1. The SMILES string of the molecule is COCC(C)NC(=O)COc1cccc2c1OC(C)(C)C2. The Morgan fingerprint density at radius 3 is 2.95 bits per heavy atom. The van der Waals surface area contributed by atoms with Crippen LogP contribution < -0.4 is 14.8 Å². The Bertz CT molecular complexity index is 513. The third-order valence-electron chi connectivity index (χ3n) is 3.24. The van der Waals surface area contributed by atoms with Crippen LogP contribution in [0.2, 0.25) is 0 Å². The molecule has 1 unspecified atom stereocenters. The van der Waals surface area contributed by atoms with E-state index in [-0.39, 0.29) is 24.2 Å². The maximum Gasteiger partial charge on any atom is 0.258 e. The number of ether oxygens (including phenoxy) is 3. The minimum Gasteiger partial charge on any atom is -0.483 e. The van der Waals surface area contributed by atoms with Gasteiger partial charge in [-0.3, -0.25) is 4.79 Å². The van der Waals surface area contributed by atoms with Crippen molar-refractivity contribution in [2.24, 2.45) is 0 Å². The Hall–Kier alpha value is -1.75. The monoisotopic (exact) mass is 293 g/mol. The normalized spacial score (nSPS) is 16.8. The van der Waals surface area contributed by atoms with Crippen molar-refractivity contribution in [3.63, 3.8) is 0 Å². The van der Waals surface area contributed by atoms with Gasteiger partial charge in [-0.15, -0.1) is 0 Å². The molecule has 1 aliphatic heterocycles. The highest BCUT2D eigenvalue weighted by Crippen LogP contribution is 2.41. The zero-order chi connectivity index (χ0) is 15.5. The first kappa shape index (κ1) is 15.6. The second-order valence-electron chi connectivity index (χ2n) is 6.00. The van der Waals surface area contributed by atoms with Crippen LogP contribution in [0.4, 0.5) is 0 Å². The first-order valence-electron chi connectivity index (χ1n) is 7.13. The quantitative estimate of drug-likeness (QED) is 0.870. The summed E-state index contributed by atoms with van der Waals surface area (Å²) in [5.41, 5.74) is 0.891. The lowest BCUT2D eigenvalue weighted by Crippen LogP contribution is -2.38. The molecule has 1 aromatic rings. The van der Waals surface area contributed by atoms with Gasteiger partial charge in [0.15, 0.2) is 18.1 Å². The van der Waals surface area contributed by atoms with Crippen LogP contribution in [0.5, 0.6) is 11.5 Å². The number of hydrogen-bond donors (Lipinski definition) is 1. The van der Waals surface area contributed by atoms with Gasteiger partial charge < -0.3 is 19.5 Å². The Labute approximate surface area is 125 Å². The zero-order valence-corrected chi connectivity index (χ0v) is 13.1. The first-order chi connectivity index (χ1) is 9.91. The maximum atomic E-state index is 11.8. The van der Waals surface area contributed by atoms with Gasteiger partial charge in [0.25, 0.3) is 5.91 Å². The van der Waals surface area contributed by atoms with E-state index in [1.807, 2.05) is 39.0 Å². The molecule has 1 N–H and O–H groups in total.